The number of amides is 2. The van der Waals surface area contributed by atoms with E-state index in [4.69, 9.17) is 16.3 Å². The summed E-state index contributed by atoms with van der Waals surface area (Å²) in [5.41, 5.74) is 0.568. The Bertz CT molecular complexity index is 564. The van der Waals surface area contributed by atoms with Crippen LogP contribution in [0.4, 0.5) is 5.69 Å². The van der Waals surface area contributed by atoms with Gasteiger partial charge in [-0.25, -0.2) is 0 Å². The average molecular weight is 356 g/mol. The van der Waals surface area contributed by atoms with Gasteiger partial charge >= 0.3 is 0 Å². The second kappa shape index (κ2) is 10.2. The van der Waals surface area contributed by atoms with Gasteiger partial charge in [0.1, 0.15) is 5.75 Å². The van der Waals surface area contributed by atoms with Crippen LogP contribution in [0.25, 0.3) is 0 Å². The first kappa shape index (κ1) is 20.3. The molecule has 0 aliphatic carbocycles. The Kier molecular flexibility index (Phi) is 8.57. The number of hydrogen-bond donors (Lipinski definition) is 1. The first-order valence-corrected chi connectivity index (χ1v) is 8.26. The predicted molar refractivity (Wildman–Crippen MR) is 96.8 cm³/mol. The number of hydrogen-bond acceptors (Lipinski definition) is 4. The summed E-state index contributed by atoms with van der Waals surface area (Å²) in [5.74, 6) is 0.290. The minimum atomic E-state index is -0.170. The summed E-state index contributed by atoms with van der Waals surface area (Å²) in [4.78, 5) is 27.5. The molecule has 6 nitrogen and oxygen atoms in total. The monoisotopic (exact) mass is 355 g/mol. The van der Waals surface area contributed by atoms with Crippen LogP contribution in [0.1, 0.15) is 19.8 Å². The Labute approximate surface area is 148 Å². The molecule has 134 valence electrons. The van der Waals surface area contributed by atoms with Gasteiger partial charge in [-0.3, -0.25) is 9.59 Å². The molecular weight excluding hydrogens is 330 g/mol. The van der Waals surface area contributed by atoms with E-state index in [1.807, 2.05) is 14.1 Å². The minimum absolute atomic E-state index is 0.0824. The fraction of sp³-hybridized carbons (Fsp3) is 0.529. The van der Waals surface area contributed by atoms with Gasteiger partial charge in [0.05, 0.1) is 12.8 Å². The summed E-state index contributed by atoms with van der Waals surface area (Å²) in [7, 11) is 5.51. The maximum absolute atomic E-state index is 12.0. The largest absolute Gasteiger partial charge is 0.495 e. The summed E-state index contributed by atoms with van der Waals surface area (Å²) in [6.07, 6.45) is 1.11. The summed E-state index contributed by atoms with van der Waals surface area (Å²) in [6, 6.07) is 5.06. The van der Waals surface area contributed by atoms with Gasteiger partial charge in [-0.2, -0.15) is 0 Å². The van der Waals surface area contributed by atoms with Crippen molar-refractivity contribution in [3.63, 3.8) is 0 Å². The first-order chi connectivity index (χ1) is 11.3. The highest BCUT2D eigenvalue weighted by Crippen LogP contribution is 2.31. The van der Waals surface area contributed by atoms with Crippen molar-refractivity contribution in [2.45, 2.75) is 19.8 Å². The summed E-state index contributed by atoms with van der Waals surface area (Å²) >= 11 is 6.02. The number of halogens is 1. The van der Waals surface area contributed by atoms with E-state index in [0.29, 0.717) is 23.0 Å². The fourth-order valence-corrected chi connectivity index (χ4v) is 2.41. The standard InChI is InChI=1S/C17H26ClN3O3/c1-13(22)21(15-12-14(18)6-7-16(15)24-4)11-8-17(23)19-9-5-10-20(2)3/h6-7,12H,5,8-11H2,1-4H3,(H,19,23). The van der Waals surface area contributed by atoms with Crippen molar-refractivity contribution < 1.29 is 14.3 Å². The topological polar surface area (TPSA) is 61.9 Å². The second-order valence-electron chi connectivity index (χ2n) is 5.74. The van der Waals surface area contributed by atoms with E-state index in [0.717, 1.165) is 13.0 Å². The molecule has 7 heteroatoms. The molecule has 1 rings (SSSR count). The third-order valence-corrected chi connectivity index (χ3v) is 3.71. The van der Waals surface area contributed by atoms with E-state index in [1.165, 1.54) is 18.9 Å². The van der Waals surface area contributed by atoms with Crippen LogP contribution >= 0.6 is 11.6 Å². The van der Waals surface area contributed by atoms with E-state index in [9.17, 15) is 9.59 Å². The highest BCUT2D eigenvalue weighted by atomic mass is 35.5. The SMILES string of the molecule is COc1ccc(Cl)cc1N(CCC(=O)NCCCN(C)C)C(C)=O. The van der Waals surface area contributed by atoms with Gasteiger partial charge in [-0.1, -0.05) is 11.6 Å². The number of nitrogens with zero attached hydrogens (tertiary/aromatic N) is 2. The summed E-state index contributed by atoms with van der Waals surface area (Å²) in [6.45, 7) is 3.26. The molecule has 0 unspecified atom stereocenters. The quantitative estimate of drug-likeness (QED) is 0.689. The van der Waals surface area contributed by atoms with Crippen molar-refractivity contribution in [2.24, 2.45) is 0 Å². The minimum Gasteiger partial charge on any atom is -0.495 e. The molecule has 0 bridgehead atoms. The van der Waals surface area contributed by atoms with Crippen molar-refractivity contribution in [1.82, 2.24) is 10.2 Å². The molecule has 0 saturated carbocycles. The smallest absolute Gasteiger partial charge is 0.223 e. The maximum Gasteiger partial charge on any atom is 0.223 e. The van der Waals surface area contributed by atoms with Gasteiger partial charge < -0.3 is 19.9 Å². The van der Waals surface area contributed by atoms with Crippen LogP contribution < -0.4 is 15.0 Å². The molecule has 1 N–H and O–H groups in total. The molecule has 24 heavy (non-hydrogen) atoms. The molecule has 1 aromatic rings. The zero-order valence-corrected chi connectivity index (χ0v) is 15.5. The van der Waals surface area contributed by atoms with Gasteiger partial charge in [-0.05, 0) is 45.3 Å². The molecule has 0 aliphatic rings. The van der Waals surface area contributed by atoms with Crippen LogP contribution in [0.15, 0.2) is 18.2 Å². The normalized spacial score (nSPS) is 10.6. The molecule has 0 aliphatic heterocycles. The van der Waals surface area contributed by atoms with Crippen LogP contribution in [-0.4, -0.2) is 57.6 Å². The Balaban J connectivity index is 2.63. The molecule has 1 aromatic carbocycles. The molecule has 0 spiro atoms. The molecule has 0 saturated heterocycles. The van der Waals surface area contributed by atoms with Gasteiger partial charge in [0.25, 0.3) is 0 Å². The fourth-order valence-electron chi connectivity index (χ4n) is 2.25. The van der Waals surface area contributed by atoms with Gasteiger partial charge in [-0.15, -0.1) is 0 Å². The average Bonchev–Trinajstić information content (AvgIpc) is 2.51. The molecule has 0 atom stereocenters. The molecule has 0 heterocycles. The second-order valence-corrected chi connectivity index (χ2v) is 6.18. The lowest BCUT2D eigenvalue weighted by molar-refractivity contribution is -0.121. The number of carbonyl (C=O) groups is 2. The summed E-state index contributed by atoms with van der Waals surface area (Å²) < 4.78 is 5.28. The highest BCUT2D eigenvalue weighted by Gasteiger charge is 2.18. The lowest BCUT2D eigenvalue weighted by atomic mass is 10.2. The van der Waals surface area contributed by atoms with E-state index in [1.54, 1.807) is 18.2 Å². The van der Waals surface area contributed by atoms with Crippen molar-refractivity contribution in [3.8, 4) is 5.75 Å². The van der Waals surface area contributed by atoms with Gasteiger partial charge in [0.15, 0.2) is 0 Å². The van der Waals surface area contributed by atoms with Crippen LogP contribution in [0.3, 0.4) is 0 Å². The maximum atomic E-state index is 12.0. The van der Waals surface area contributed by atoms with E-state index in [-0.39, 0.29) is 24.8 Å². The van der Waals surface area contributed by atoms with Crippen molar-refractivity contribution >= 4 is 29.1 Å². The number of carbonyl (C=O) groups excluding carboxylic acids is 2. The van der Waals surface area contributed by atoms with Gasteiger partial charge in [0.2, 0.25) is 11.8 Å². The van der Waals surface area contributed by atoms with Crippen molar-refractivity contribution in [2.75, 3.05) is 45.7 Å². The Morgan fingerprint density at radius 3 is 2.54 bits per heavy atom. The number of anilines is 1. The van der Waals surface area contributed by atoms with E-state index < -0.39 is 0 Å². The Morgan fingerprint density at radius 2 is 1.96 bits per heavy atom. The van der Waals surface area contributed by atoms with Gasteiger partial charge in [0, 0.05) is 31.5 Å². The Hall–Kier alpha value is -1.79. The Morgan fingerprint density at radius 1 is 1.25 bits per heavy atom. The molecular formula is C17H26ClN3O3. The van der Waals surface area contributed by atoms with E-state index in [2.05, 4.69) is 10.2 Å². The summed E-state index contributed by atoms with van der Waals surface area (Å²) in [5, 5.41) is 3.37. The van der Waals surface area contributed by atoms with Crippen molar-refractivity contribution in [1.29, 1.82) is 0 Å². The number of nitrogens with one attached hydrogen (secondary N) is 1. The zero-order chi connectivity index (χ0) is 18.1. The highest BCUT2D eigenvalue weighted by molar-refractivity contribution is 6.31. The zero-order valence-electron chi connectivity index (χ0n) is 14.8. The third-order valence-electron chi connectivity index (χ3n) is 3.48. The first-order valence-electron chi connectivity index (χ1n) is 7.88. The molecule has 0 fully saturated rings. The van der Waals surface area contributed by atoms with Crippen LogP contribution in [0.5, 0.6) is 5.75 Å². The van der Waals surface area contributed by atoms with E-state index >= 15 is 0 Å². The molecule has 0 aromatic heterocycles. The van der Waals surface area contributed by atoms with Crippen LogP contribution in [0, 0.1) is 0 Å². The predicted octanol–water partition coefficient (Wildman–Crippen LogP) is 2.16. The third kappa shape index (κ3) is 6.76. The lowest BCUT2D eigenvalue weighted by Crippen LogP contribution is -2.34. The number of rotatable bonds is 9. The number of benzene rings is 1. The molecule has 2 amide bonds. The number of methoxy groups -OCH3 is 1. The van der Waals surface area contributed by atoms with Crippen LogP contribution in [-0.2, 0) is 9.59 Å². The van der Waals surface area contributed by atoms with Crippen LogP contribution in [0.2, 0.25) is 5.02 Å². The molecule has 0 radical (unpaired) electrons. The lowest BCUT2D eigenvalue weighted by Gasteiger charge is -2.23. The van der Waals surface area contributed by atoms with Crippen molar-refractivity contribution in [3.05, 3.63) is 23.2 Å². The number of ether oxygens (including phenoxy) is 1.